The highest BCUT2D eigenvalue weighted by Gasteiger charge is 2.44. The van der Waals surface area contributed by atoms with Crippen LogP contribution >= 0.6 is 0 Å². The minimum Gasteiger partial charge on any atom is -0.872 e. The number of Topliss-reactive ketones (excluding diaryl/α,β-unsaturated/α-hetero) is 1. The summed E-state index contributed by atoms with van der Waals surface area (Å²) in [6.45, 7) is 7.25. The van der Waals surface area contributed by atoms with E-state index in [1.807, 2.05) is 37.3 Å². The zero-order valence-corrected chi connectivity index (χ0v) is 20.1. The molecule has 1 aliphatic heterocycles. The van der Waals surface area contributed by atoms with E-state index >= 15 is 0 Å². The van der Waals surface area contributed by atoms with Crippen molar-refractivity contribution in [1.82, 2.24) is 9.88 Å². The van der Waals surface area contributed by atoms with Gasteiger partial charge in [-0.05, 0) is 50.5 Å². The van der Waals surface area contributed by atoms with Crippen LogP contribution in [0, 0.1) is 20.8 Å². The SMILES string of the molecule is CCOC(=O)c1[nH]c(C)c(C([O-])=C2C(=O)C(=O)N(Cc3ccc[nH+]c3)C2c2ccc(C)cc2)c1C. The maximum absolute atomic E-state index is 13.9. The maximum Gasteiger partial charge on any atom is 0.355 e. The average molecular weight is 474 g/mol. The molecule has 8 heteroatoms. The van der Waals surface area contributed by atoms with Crippen molar-refractivity contribution in [3.05, 3.63) is 93.6 Å². The molecule has 1 saturated heterocycles. The first-order valence-corrected chi connectivity index (χ1v) is 11.4. The summed E-state index contributed by atoms with van der Waals surface area (Å²) in [5, 5.41) is 13.9. The first-order chi connectivity index (χ1) is 16.7. The number of nitrogens with one attached hydrogen (secondary N) is 2. The Labute approximate surface area is 203 Å². The molecule has 0 spiro atoms. The minimum atomic E-state index is -0.858. The van der Waals surface area contributed by atoms with Crippen LogP contribution in [-0.4, -0.2) is 34.2 Å². The summed E-state index contributed by atoms with van der Waals surface area (Å²) in [4.78, 5) is 46.1. The molecule has 1 amide bonds. The van der Waals surface area contributed by atoms with E-state index in [1.165, 1.54) is 4.90 Å². The Morgan fingerprint density at radius 3 is 2.49 bits per heavy atom. The molecule has 180 valence electrons. The molecule has 0 aliphatic carbocycles. The van der Waals surface area contributed by atoms with Gasteiger partial charge in [0.15, 0.2) is 12.4 Å². The minimum absolute atomic E-state index is 0.126. The second-order valence-electron chi connectivity index (χ2n) is 8.58. The molecule has 1 unspecified atom stereocenters. The molecule has 3 aromatic rings. The van der Waals surface area contributed by atoms with Gasteiger partial charge in [-0.1, -0.05) is 35.6 Å². The summed E-state index contributed by atoms with van der Waals surface area (Å²) in [5.41, 5.74) is 3.52. The van der Waals surface area contributed by atoms with Crippen LogP contribution < -0.4 is 10.1 Å². The number of pyridine rings is 1. The van der Waals surface area contributed by atoms with Crippen LogP contribution in [0.3, 0.4) is 0 Å². The van der Waals surface area contributed by atoms with E-state index in [-0.39, 0.29) is 30.0 Å². The maximum atomic E-state index is 13.9. The second-order valence-corrected chi connectivity index (χ2v) is 8.58. The number of carbonyl (C=O) groups excluding carboxylic acids is 3. The predicted molar refractivity (Wildman–Crippen MR) is 126 cm³/mol. The summed E-state index contributed by atoms with van der Waals surface area (Å²) in [5.74, 6) is -2.72. The first kappa shape index (κ1) is 23.9. The Morgan fingerprint density at radius 2 is 1.86 bits per heavy atom. The van der Waals surface area contributed by atoms with E-state index in [4.69, 9.17) is 4.74 Å². The van der Waals surface area contributed by atoms with Crippen LogP contribution in [0.4, 0.5) is 0 Å². The van der Waals surface area contributed by atoms with E-state index in [9.17, 15) is 19.5 Å². The number of likely N-dealkylation sites (tertiary alicyclic amines) is 1. The number of esters is 1. The first-order valence-electron chi connectivity index (χ1n) is 11.4. The van der Waals surface area contributed by atoms with Crippen molar-refractivity contribution in [2.24, 2.45) is 0 Å². The number of hydrogen-bond acceptors (Lipinski definition) is 5. The third kappa shape index (κ3) is 4.35. The molecule has 3 heterocycles. The van der Waals surface area contributed by atoms with Crippen LogP contribution in [0.5, 0.6) is 0 Å². The average Bonchev–Trinajstić information content (AvgIpc) is 3.27. The largest absolute Gasteiger partial charge is 0.872 e. The molecular weight excluding hydrogens is 446 g/mol. The van der Waals surface area contributed by atoms with Gasteiger partial charge >= 0.3 is 5.97 Å². The highest BCUT2D eigenvalue weighted by molar-refractivity contribution is 6.46. The van der Waals surface area contributed by atoms with Crippen LogP contribution in [-0.2, 0) is 20.9 Å². The Kier molecular flexibility index (Phi) is 6.55. The number of benzene rings is 1. The topological polar surface area (TPSA) is 117 Å². The molecule has 2 aromatic heterocycles. The Bertz CT molecular complexity index is 1320. The van der Waals surface area contributed by atoms with Crippen LogP contribution in [0.1, 0.15) is 57.0 Å². The fourth-order valence-electron chi connectivity index (χ4n) is 4.49. The van der Waals surface area contributed by atoms with Crippen molar-refractivity contribution in [2.45, 2.75) is 40.3 Å². The number of rotatable bonds is 6. The molecule has 1 aliphatic rings. The van der Waals surface area contributed by atoms with E-state index < -0.39 is 29.5 Å². The number of carbonyl (C=O) groups is 3. The summed E-state index contributed by atoms with van der Waals surface area (Å²) < 4.78 is 5.09. The molecule has 8 nitrogen and oxygen atoms in total. The van der Waals surface area contributed by atoms with E-state index in [0.717, 1.165) is 11.1 Å². The summed E-state index contributed by atoms with van der Waals surface area (Å²) in [7, 11) is 0. The van der Waals surface area contributed by atoms with Gasteiger partial charge < -0.3 is 19.7 Å². The molecule has 1 aromatic carbocycles. The number of nitrogens with zero attached hydrogens (tertiary/aromatic N) is 1. The zero-order chi connectivity index (χ0) is 25.3. The van der Waals surface area contributed by atoms with Gasteiger partial charge in [0.1, 0.15) is 5.69 Å². The van der Waals surface area contributed by atoms with Crippen molar-refractivity contribution in [1.29, 1.82) is 0 Å². The second kappa shape index (κ2) is 9.58. The number of aromatic nitrogens is 2. The highest BCUT2D eigenvalue weighted by Crippen LogP contribution is 2.40. The van der Waals surface area contributed by atoms with Gasteiger partial charge in [-0.3, -0.25) is 9.59 Å². The van der Waals surface area contributed by atoms with E-state index in [2.05, 4.69) is 9.97 Å². The molecular formula is C27H27N3O5. The van der Waals surface area contributed by atoms with Gasteiger partial charge in [-0.2, -0.15) is 0 Å². The highest BCUT2D eigenvalue weighted by atomic mass is 16.5. The third-order valence-corrected chi connectivity index (χ3v) is 6.19. The van der Waals surface area contributed by atoms with Crippen molar-refractivity contribution >= 4 is 23.4 Å². The van der Waals surface area contributed by atoms with Crippen LogP contribution in [0.25, 0.3) is 5.76 Å². The van der Waals surface area contributed by atoms with Gasteiger partial charge in [0.25, 0.3) is 5.91 Å². The lowest BCUT2D eigenvalue weighted by molar-refractivity contribution is -0.378. The fourth-order valence-corrected chi connectivity index (χ4v) is 4.49. The third-order valence-electron chi connectivity index (χ3n) is 6.19. The lowest BCUT2D eigenvalue weighted by Gasteiger charge is -2.27. The van der Waals surface area contributed by atoms with E-state index in [0.29, 0.717) is 16.8 Å². The van der Waals surface area contributed by atoms with Crippen LogP contribution in [0.2, 0.25) is 0 Å². The lowest BCUT2D eigenvalue weighted by atomic mass is 9.93. The molecule has 0 saturated carbocycles. The molecule has 0 radical (unpaired) electrons. The summed E-state index contributed by atoms with van der Waals surface area (Å²) in [6.07, 6.45) is 3.49. The lowest BCUT2D eigenvalue weighted by Crippen LogP contribution is -2.29. The molecule has 1 atom stereocenters. The number of amides is 1. The van der Waals surface area contributed by atoms with Gasteiger partial charge in [-0.15, -0.1) is 0 Å². The van der Waals surface area contributed by atoms with Crippen molar-refractivity contribution in [2.75, 3.05) is 6.61 Å². The number of aromatic amines is 2. The molecule has 4 rings (SSSR count). The zero-order valence-electron chi connectivity index (χ0n) is 20.1. The van der Waals surface area contributed by atoms with Crippen molar-refractivity contribution in [3.63, 3.8) is 0 Å². The monoisotopic (exact) mass is 473 g/mol. The predicted octanol–water partition coefficient (Wildman–Crippen LogP) is 2.35. The van der Waals surface area contributed by atoms with Crippen molar-refractivity contribution in [3.8, 4) is 0 Å². The summed E-state index contributed by atoms with van der Waals surface area (Å²) in [6, 6.07) is 10.2. The standard InChI is InChI=1S/C27H27N3O5/c1-5-35-27(34)22-16(3)20(17(4)29-22)24(31)21-23(19-10-8-15(2)9-11-19)30(26(33)25(21)32)14-18-7-6-12-28-13-18/h6-13,23,29,31H,5,14H2,1-4H3. The quantitative estimate of drug-likeness (QED) is 0.255. The molecule has 35 heavy (non-hydrogen) atoms. The smallest absolute Gasteiger partial charge is 0.355 e. The number of H-pyrrole nitrogens is 2. The number of aryl methyl sites for hydroxylation is 2. The molecule has 2 N–H and O–H groups in total. The van der Waals surface area contributed by atoms with Crippen molar-refractivity contribution < 1.29 is 29.2 Å². The number of ketones is 1. The van der Waals surface area contributed by atoms with Gasteiger partial charge in [0.05, 0.1) is 19.2 Å². The van der Waals surface area contributed by atoms with E-state index in [1.54, 1.807) is 39.2 Å². The Morgan fingerprint density at radius 1 is 1.14 bits per heavy atom. The number of ether oxygens (including phenoxy) is 1. The number of hydrogen-bond donors (Lipinski definition) is 1. The Hall–Kier alpha value is -4.20. The normalized spacial score (nSPS) is 17.1. The Balaban J connectivity index is 1.89. The van der Waals surface area contributed by atoms with Gasteiger partial charge in [0, 0.05) is 22.9 Å². The van der Waals surface area contributed by atoms with Gasteiger partial charge in [-0.25, -0.2) is 9.78 Å². The summed E-state index contributed by atoms with van der Waals surface area (Å²) >= 11 is 0. The molecule has 0 bridgehead atoms. The fraction of sp³-hybridized carbons (Fsp3) is 0.259. The van der Waals surface area contributed by atoms with Crippen LogP contribution in [0.15, 0.2) is 54.4 Å². The van der Waals surface area contributed by atoms with Gasteiger partial charge in [0.2, 0.25) is 5.78 Å². The molecule has 1 fully saturated rings.